The summed E-state index contributed by atoms with van der Waals surface area (Å²) >= 11 is 0. The number of hydrogen-bond donors (Lipinski definition) is 2. The number of rotatable bonds is 3. The molecule has 25 heavy (non-hydrogen) atoms. The molecular weight excluding hydrogens is 312 g/mol. The Morgan fingerprint density at radius 3 is 2.64 bits per heavy atom. The van der Waals surface area contributed by atoms with Crippen molar-refractivity contribution in [2.45, 2.75) is 13.8 Å². The topological polar surface area (TPSA) is 51.5 Å². The second-order valence-electron chi connectivity index (χ2n) is 6.57. The monoisotopic (exact) mass is 335 g/mol. The number of aromatic nitrogens is 2. The minimum absolute atomic E-state index is 0.654. The molecule has 1 fully saturated rings. The minimum Gasteiger partial charge on any atom is -0.370 e. The molecule has 0 bridgehead atoms. The fourth-order valence-electron chi connectivity index (χ4n) is 3.25. The van der Waals surface area contributed by atoms with Gasteiger partial charge in [-0.3, -0.25) is 4.90 Å². The van der Waals surface area contributed by atoms with Crippen LogP contribution in [-0.4, -0.2) is 36.3 Å². The first-order chi connectivity index (χ1) is 12.2. The number of ether oxygens (including phenoxy) is 1. The van der Waals surface area contributed by atoms with Crippen molar-refractivity contribution < 1.29 is 9.64 Å². The van der Waals surface area contributed by atoms with Gasteiger partial charge in [-0.25, -0.2) is 4.98 Å². The third-order valence-electron chi connectivity index (χ3n) is 4.67. The molecule has 0 unspecified atom stereocenters. The van der Waals surface area contributed by atoms with E-state index in [4.69, 9.17) is 14.7 Å². The highest BCUT2D eigenvalue weighted by atomic mass is 16.5. The number of nitrogens with one attached hydrogen (secondary N) is 2. The van der Waals surface area contributed by atoms with E-state index in [9.17, 15) is 0 Å². The second-order valence-corrected chi connectivity index (χ2v) is 6.57. The van der Waals surface area contributed by atoms with Crippen molar-refractivity contribution >= 4 is 28.4 Å². The van der Waals surface area contributed by atoms with E-state index in [0.29, 0.717) is 5.95 Å². The van der Waals surface area contributed by atoms with Gasteiger partial charge in [0, 0.05) is 5.69 Å². The molecule has 0 atom stereocenters. The first kappa shape index (κ1) is 16.0. The van der Waals surface area contributed by atoms with Gasteiger partial charge in [-0.2, -0.15) is 4.98 Å². The Bertz CT molecular complexity index is 903. The lowest BCUT2D eigenvalue weighted by Crippen LogP contribution is -3.09. The van der Waals surface area contributed by atoms with E-state index in [-0.39, 0.29) is 0 Å². The molecule has 1 aliphatic heterocycles. The van der Waals surface area contributed by atoms with Gasteiger partial charge in [0.2, 0.25) is 11.8 Å². The molecule has 0 aliphatic carbocycles. The van der Waals surface area contributed by atoms with Gasteiger partial charge in [0.1, 0.15) is 13.1 Å². The van der Waals surface area contributed by atoms with Crippen LogP contribution < -0.4 is 10.2 Å². The van der Waals surface area contributed by atoms with Gasteiger partial charge in [0.25, 0.3) is 0 Å². The summed E-state index contributed by atoms with van der Waals surface area (Å²) in [5.41, 5.74) is 4.42. The quantitative estimate of drug-likeness (QED) is 0.772. The van der Waals surface area contributed by atoms with E-state index in [2.05, 4.69) is 49.5 Å². The zero-order valence-electron chi connectivity index (χ0n) is 14.7. The molecule has 0 amide bonds. The Labute approximate surface area is 147 Å². The second kappa shape index (κ2) is 6.78. The van der Waals surface area contributed by atoms with Crippen molar-refractivity contribution in [3.05, 3.63) is 53.6 Å². The lowest BCUT2D eigenvalue weighted by Gasteiger charge is -2.23. The van der Waals surface area contributed by atoms with Gasteiger partial charge in [-0.15, -0.1) is 0 Å². The number of quaternary nitrogens is 1. The van der Waals surface area contributed by atoms with Gasteiger partial charge in [-0.1, -0.05) is 24.3 Å². The van der Waals surface area contributed by atoms with E-state index in [1.54, 1.807) is 0 Å². The van der Waals surface area contributed by atoms with Gasteiger partial charge in [0.05, 0.1) is 24.1 Å². The van der Waals surface area contributed by atoms with Crippen molar-refractivity contribution in [3.63, 3.8) is 0 Å². The van der Waals surface area contributed by atoms with Gasteiger partial charge in [0.15, 0.2) is 0 Å². The summed E-state index contributed by atoms with van der Waals surface area (Å²) in [7, 11) is 0. The summed E-state index contributed by atoms with van der Waals surface area (Å²) in [6, 6.07) is 14.6. The number of morpholine rings is 1. The van der Waals surface area contributed by atoms with Crippen LogP contribution in [0.3, 0.4) is 0 Å². The third-order valence-corrected chi connectivity index (χ3v) is 4.67. The van der Waals surface area contributed by atoms with E-state index < -0.39 is 0 Å². The summed E-state index contributed by atoms with van der Waals surface area (Å²) < 4.78 is 5.51. The largest absolute Gasteiger partial charge is 0.370 e. The van der Waals surface area contributed by atoms with Crippen LogP contribution in [0.4, 0.5) is 17.5 Å². The number of nitrogens with zero attached hydrogens (tertiary/aromatic N) is 2. The maximum absolute atomic E-state index is 5.51. The predicted molar refractivity (Wildman–Crippen MR) is 99.9 cm³/mol. The number of hydrogen-bond acceptors (Lipinski definition) is 4. The van der Waals surface area contributed by atoms with Crippen LogP contribution in [0.15, 0.2) is 42.5 Å². The Morgan fingerprint density at radius 2 is 1.80 bits per heavy atom. The highest BCUT2D eigenvalue weighted by Gasteiger charge is 2.22. The zero-order chi connectivity index (χ0) is 17.2. The summed E-state index contributed by atoms with van der Waals surface area (Å²) in [6.07, 6.45) is 0. The summed E-state index contributed by atoms with van der Waals surface area (Å²) in [5.74, 6) is 1.71. The Kier molecular flexibility index (Phi) is 4.34. The molecule has 5 nitrogen and oxygen atoms in total. The molecule has 5 heteroatoms. The maximum Gasteiger partial charge on any atom is 0.238 e. The fourth-order valence-corrected chi connectivity index (χ4v) is 3.25. The van der Waals surface area contributed by atoms with Crippen LogP contribution in [0.25, 0.3) is 10.9 Å². The van der Waals surface area contributed by atoms with Crippen LogP contribution in [0.2, 0.25) is 0 Å². The molecule has 0 saturated carbocycles. The lowest BCUT2D eigenvalue weighted by molar-refractivity contribution is -0.843. The van der Waals surface area contributed by atoms with E-state index in [1.165, 1.54) is 16.0 Å². The van der Waals surface area contributed by atoms with Crippen molar-refractivity contribution in [1.29, 1.82) is 0 Å². The molecule has 2 aromatic carbocycles. The van der Waals surface area contributed by atoms with Crippen LogP contribution in [0.5, 0.6) is 0 Å². The average Bonchev–Trinajstić information content (AvgIpc) is 2.65. The summed E-state index contributed by atoms with van der Waals surface area (Å²) in [5, 5.41) is 4.53. The third kappa shape index (κ3) is 3.34. The van der Waals surface area contributed by atoms with E-state index >= 15 is 0 Å². The highest BCUT2D eigenvalue weighted by molar-refractivity contribution is 5.87. The molecule has 1 aromatic heterocycles. The van der Waals surface area contributed by atoms with Crippen LogP contribution in [0, 0.1) is 13.8 Å². The van der Waals surface area contributed by atoms with E-state index in [0.717, 1.165) is 48.7 Å². The number of fused-ring (bicyclic) bond motifs is 1. The SMILES string of the molecule is Cc1ccc(C)c(Nc2nc([NH+]3CCOCC3)c3ccccc3n2)c1. The first-order valence-electron chi connectivity index (χ1n) is 8.74. The van der Waals surface area contributed by atoms with Crippen molar-refractivity contribution in [3.8, 4) is 0 Å². The number of anilines is 2. The molecule has 0 radical (unpaired) electrons. The molecule has 2 heterocycles. The minimum atomic E-state index is 0.654. The maximum atomic E-state index is 5.51. The van der Waals surface area contributed by atoms with Crippen molar-refractivity contribution in [2.24, 2.45) is 0 Å². The van der Waals surface area contributed by atoms with Gasteiger partial charge >= 0.3 is 0 Å². The fraction of sp³-hybridized carbons (Fsp3) is 0.300. The van der Waals surface area contributed by atoms with Gasteiger partial charge < -0.3 is 10.1 Å². The summed E-state index contributed by atoms with van der Waals surface area (Å²) in [6.45, 7) is 7.60. The molecule has 0 spiro atoms. The zero-order valence-corrected chi connectivity index (χ0v) is 14.7. The van der Waals surface area contributed by atoms with Crippen molar-refractivity contribution in [1.82, 2.24) is 9.97 Å². The molecular formula is C20H23N4O+. The van der Waals surface area contributed by atoms with Crippen LogP contribution in [0.1, 0.15) is 11.1 Å². The number of benzene rings is 2. The molecule has 4 rings (SSSR count). The lowest BCUT2D eigenvalue weighted by atomic mass is 10.1. The van der Waals surface area contributed by atoms with Gasteiger partial charge in [-0.05, 0) is 43.2 Å². The molecule has 3 aromatic rings. The Hall–Kier alpha value is -2.50. The Morgan fingerprint density at radius 1 is 1.00 bits per heavy atom. The van der Waals surface area contributed by atoms with Crippen LogP contribution in [-0.2, 0) is 4.74 Å². The standard InChI is InChI=1S/C20H22N4O/c1-14-7-8-15(2)18(13-14)22-20-21-17-6-4-3-5-16(17)19(23-20)24-9-11-25-12-10-24/h3-8,13H,9-12H2,1-2H3,(H,21,22,23)/p+1. The predicted octanol–water partition coefficient (Wildman–Crippen LogP) is 2.54. The number of aryl methyl sites for hydroxylation is 2. The average molecular weight is 335 g/mol. The Balaban J connectivity index is 1.77. The molecule has 128 valence electrons. The van der Waals surface area contributed by atoms with Crippen LogP contribution >= 0.6 is 0 Å². The number of para-hydroxylation sites is 1. The van der Waals surface area contributed by atoms with Crippen molar-refractivity contribution in [2.75, 3.05) is 31.6 Å². The summed E-state index contributed by atoms with van der Waals surface area (Å²) in [4.78, 5) is 11.0. The first-order valence-corrected chi connectivity index (χ1v) is 8.74. The molecule has 1 saturated heterocycles. The smallest absolute Gasteiger partial charge is 0.238 e. The molecule has 2 N–H and O–H groups in total. The highest BCUT2D eigenvalue weighted by Crippen LogP contribution is 2.24. The molecule has 1 aliphatic rings. The normalized spacial score (nSPS) is 15.4. The van der Waals surface area contributed by atoms with E-state index in [1.807, 2.05) is 12.1 Å².